The maximum atomic E-state index is 12.1. The van der Waals surface area contributed by atoms with Gasteiger partial charge in [-0.25, -0.2) is 0 Å². The van der Waals surface area contributed by atoms with Crippen molar-refractivity contribution >= 4 is 22.9 Å². The fourth-order valence-electron chi connectivity index (χ4n) is 2.29. The Morgan fingerprint density at radius 1 is 1.17 bits per heavy atom. The minimum atomic E-state index is -0.0572. The first-order chi connectivity index (χ1) is 11.1. The number of nitrogens with one attached hydrogen (secondary N) is 1. The minimum absolute atomic E-state index is 0.0572. The molecule has 3 aromatic rings. The van der Waals surface area contributed by atoms with Crippen LogP contribution in [-0.4, -0.2) is 16.1 Å². The van der Waals surface area contributed by atoms with Gasteiger partial charge >= 0.3 is 0 Å². The zero-order valence-electron chi connectivity index (χ0n) is 13.0. The lowest BCUT2D eigenvalue weighted by atomic mass is 10.1. The molecule has 1 amide bonds. The molecule has 2 aromatic heterocycles. The van der Waals surface area contributed by atoms with Crippen LogP contribution in [0, 0.1) is 13.8 Å². The molecule has 0 saturated carbocycles. The SMILES string of the molecule is Cc1cccc(C)c1NC(=O)CCc1nnc(-c2cccs2)o1. The van der Waals surface area contributed by atoms with E-state index in [9.17, 15) is 4.79 Å². The molecule has 0 unspecified atom stereocenters. The van der Waals surface area contributed by atoms with Crippen molar-refractivity contribution in [3.05, 3.63) is 52.7 Å². The Kier molecular flexibility index (Phi) is 4.52. The van der Waals surface area contributed by atoms with E-state index < -0.39 is 0 Å². The molecule has 1 N–H and O–H groups in total. The standard InChI is InChI=1S/C17H17N3O2S/c1-11-5-3-6-12(2)16(11)18-14(21)8-9-15-19-20-17(22-15)13-7-4-10-23-13/h3-7,10H,8-9H2,1-2H3,(H,18,21). The molecule has 3 rings (SSSR count). The maximum absolute atomic E-state index is 12.1. The molecule has 0 saturated heterocycles. The van der Waals surface area contributed by atoms with E-state index in [-0.39, 0.29) is 5.91 Å². The smallest absolute Gasteiger partial charge is 0.257 e. The largest absolute Gasteiger partial charge is 0.420 e. The van der Waals surface area contributed by atoms with Gasteiger partial charge in [-0.1, -0.05) is 24.3 Å². The molecule has 2 heterocycles. The average Bonchev–Trinajstić information content (AvgIpc) is 3.19. The van der Waals surface area contributed by atoms with Crippen LogP contribution >= 0.6 is 11.3 Å². The number of amides is 1. The second-order valence-corrected chi connectivity index (χ2v) is 6.24. The van der Waals surface area contributed by atoms with Crippen LogP contribution in [0.4, 0.5) is 5.69 Å². The van der Waals surface area contributed by atoms with Crippen LogP contribution in [-0.2, 0) is 11.2 Å². The van der Waals surface area contributed by atoms with E-state index in [4.69, 9.17) is 4.42 Å². The van der Waals surface area contributed by atoms with Gasteiger partial charge in [0.05, 0.1) is 4.88 Å². The molecule has 0 atom stereocenters. The number of hydrogen-bond acceptors (Lipinski definition) is 5. The van der Waals surface area contributed by atoms with Crippen molar-refractivity contribution in [3.8, 4) is 10.8 Å². The summed E-state index contributed by atoms with van der Waals surface area (Å²) in [5.74, 6) is 0.925. The average molecular weight is 327 g/mol. The molecule has 1 aromatic carbocycles. The highest BCUT2D eigenvalue weighted by Crippen LogP contribution is 2.23. The van der Waals surface area contributed by atoms with Crippen LogP contribution < -0.4 is 5.32 Å². The quantitative estimate of drug-likeness (QED) is 0.769. The monoisotopic (exact) mass is 327 g/mol. The lowest BCUT2D eigenvalue weighted by molar-refractivity contribution is -0.116. The highest BCUT2D eigenvalue weighted by atomic mass is 32.1. The molecule has 0 spiro atoms. The van der Waals surface area contributed by atoms with E-state index in [1.165, 1.54) is 0 Å². The third kappa shape index (κ3) is 3.65. The maximum Gasteiger partial charge on any atom is 0.257 e. The summed E-state index contributed by atoms with van der Waals surface area (Å²) in [5, 5.41) is 12.9. The molecular weight excluding hydrogens is 310 g/mol. The molecule has 0 fully saturated rings. The molecule has 0 bridgehead atoms. The molecule has 0 aliphatic rings. The molecule has 118 valence electrons. The highest BCUT2D eigenvalue weighted by molar-refractivity contribution is 7.13. The summed E-state index contributed by atoms with van der Waals surface area (Å²) >= 11 is 1.54. The lowest BCUT2D eigenvalue weighted by Crippen LogP contribution is -2.14. The van der Waals surface area contributed by atoms with E-state index in [2.05, 4.69) is 15.5 Å². The number of anilines is 1. The number of hydrogen-bond donors (Lipinski definition) is 1. The molecule has 23 heavy (non-hydrogen) atoms. The van der Waals surface area contributed by atoms with Gasteiger partial charge in [0.2, 0.25) is 11.8 Å². The zero-order valence-corrected chi connectivity index (χ0v) is 13.8. The number of carbonyl (C=O) groups is 1. The Morgan fingerprint density at radius 3 is 2.65 bits per heavy atom. The van der Waals surface area contributed by atoms with E-state index in [0.717, 1.165) is 21.7 Å². The summed E-state index contributed by atoms with van der Waals surface area (Å²) < 4.78 is 5.58. The van der Waals surface area contributed by atoms with Crippen molar-refractivity contribution in [2.45, 2.75) is 26.7 Å². The molecule has 5 nitrogen and oxygen atoms in total. The molecule has 6 heteroatoms. The summed E-state index contributed by atoms with van der Waals surface area (Å²) in [7, 11) is 0. The van der Waals surface area contributed by atoms with E-state index in [1.807, 2.05) is 49.6 Å². The second kappa shape index (κ2) is 6.75. The third-order valence-corrected chi connectivity index (χ3v) is 4.37. The lowest BCUT2D eigenvalue weighted by Gasteiger charge is -2.10. The third-order valence-electron chi connectivity index (χ3n) is 3.51. The van der Waals surface area contributed by atoms with Crippen molar-refractivity contribution in [3.63, 3.8) is 0 Å². The number of thiophene rings is 1. The van der Waals surface area contributed by atoms with Gasteiger partial charge in [-0.15, -0.1) is 21.5 Å². The number of para-hydroxylation sites is 1. The number of carbonyl (C=O) groups excluding carboxylic acids is 1. The molecular formula is C17H17N3O2S. The number of aryl methyl sites for hydroxylation is 3. The normalized spacial score (nSPS) is 10.7. The fraction of sp³-hybridized carbons (Fsp3) is 0.235. The van der Waals surface area contributed by atoms with Gasteiger partial charge < -0.3 is 9.73 Å². The first-order valence-electron chi connectivity index (χ1n) is 7.36. The first-order valence-corrected chi connectivity index (χ1v) is 8.24. The number of nitrogens with zero attached hydrogens (tertiary/aromatic N) is 2. The van der Waals surface area contributed by atoms with E-state index in [0.29, 0.717) is 24.6 Å². The molecule has 0 radical (unpaired) electrons. The summed E-state index contributed by atoms with van der Waals surface area (Å²) in [5.41, 5.74) is 2.98. The van der Waals surface area contributed by atoms with Crippen LogP contribution in [0.25, 0.3) is 10.8 Å². The van der Waals surface area contributed by atoms with Gasteiger partial charge in [0.25, 0.3) is 5.89 Å². The van der Waals surface area contributed by atoms with Gasteiger partial charge in [-0.2, -0.15) is 0 Å². The summed E-state index contributed by atoms with van der Waals surface area (Å²) in [6, 6.07) is 9.80. The van der Waals surface area contributed by atoms with Crippen molar-refractivity contribution in [2.24, 2.45) is 0 Å². The minimum Gasteiger partial charge on any atom is -0.420 e. The van der Waals surface area contributed by atoms with Gasteiger partial charge in [-0.05, 0) is 36.4 Å². The fourth-order valence-corrected chi connectivity index (χ4v) is 2.93. The number of aromatic nitrogens is 2. The van der Waals surface area contributed by atoms with Gasteiger partial charge in [0.1, 0.15) is 0 Å². The van der Waals surface area contributed by atoms with Gasteiger partial charge in [0.15, 0.2) is 0 Å². The van der Waals surface area contributed by atoms with Crippen LogP contribution in [0.1, 0.15) is 23.4 Å². The van der Waals surface area contributed by atoms with Crippen LogP contribution in [0.3, 0.4) is 0 Å². The molecule has 0 aliphatic heterocycles. The van der Waals surface area contributed by atoms with Crippen LogP contribution in [0.15, 0.2) is 40.1 Å². The van der Waals surface area contributed by atoms with Crippen LogP contribution in [0.5, 0.6) is 0 Å². The van der Waals surface area contributed by atoms with Crippen LogP contribution in [0.2, 0.25) is 0 Å². The zero-order chi connectivity index (χ0) is 16.2. The number of benzene rings is 1. The van der Waals surface area contributed by atoms with Crippen molar-refractivity contribution in [1.29, 1.82) is 0 Å². The predicted molar refractivity (Wildman–Crippen MR) is 90.5 cm³/mol. The Balaban J connectivity index is 1.59. The van der Waals surface area contributed by atoms with Gasteiger partial charge in [-0.3, -0.25) is 4.79 Å². The van der Waals surface area contributed by atoms with E-state index in [1.54, 1.807) is 11.3 Å². The second-order valence-electron chi connectivity index (χ2n) is 5.29. The Morgan fingerprint density at radius 2 is 1.96 bits per heavy atom. The van der Waals surface area contributed by atoms with Crippen molar-refractivity contribution in [1.82, 2.24) is 10.2 Å². The van der Waals surface area contributed by atoms with E-state index >= 15 is 0 Å². The molecule has 0 aliphatic carbocycles. The van der Waals surface area contributed by atoms with Gasteiger partial charge in [0, 0.05) is 18.5 Å². The predicted octanol–water partition coefficient (Wildman–Crippen LogP) is 3.99. The Labute approximate surface area is 138 Å². The summed E-state index contributed by atoms with van der Waals surface area (Å²) in [6.45, 7) is 3.96. The highest BCUT2D eigenvalue weighted by Gasteiger charge is 2.12. The number of rotatable bonds is 5. The summed E-state index contributed by atoms with van der Waals surface area (Å²) in [4.78, 5) is 13.1. The van der Waals surface area contributed by atoms with Crippen molar-refractivity contribution in [2.75, 3.05) is 5.32 Å². The Bertz CT molecular complexity index is 789. The topological polar surface area (TPSA) is 68.0 Å². The Hall–Kier alpha value is -2.47. The van der Waals surface area contributed by atoms with Crippen molar-refractivity contribution < 1.29 is 9.21 Å². The first kappa shape index (κ1) is 15.4. The summed E-state index contributed by atoms with van der Waals surface area (Å²) in [6.07, 6.45) is 0.731.